The predicted molar refractivity (Wildman–Crippen MR) is 90.7 cm³/mol. The SMILES string of the molecule is CCN1C(=O)/C(=C/c2ccccc2F)SC1=Nc1cccnc1. The van der Waals surface area contributed by atoms with Gasteiger partial charge < -0.3 is 0 Å². The summed E-state index contributed by atoms with van der Waals surface area (Å²) in [4.78, 5) is 23.0. The van der Waals surface area contributed by atoms with E-state index >= 15 is 0 Å². The van der Waals surface area contributed by atoms with Gasteiger partial charge in [0.1, 0.15) is 5.82 Å². The number of amides is 1. The Morgan fingerprint density at radius 1 is 1.30 bits per heavy atom. The van der Waals surface area contributed by atoms with Crippen molar-refractivity contribution in [2.45, 2.75) is 6.92 Å². The van der Waals surface area contributed by atoms with Crippen LogP contribution in [0, 0.1) is 5.82 Å². The maximum Gasteiger partial charge on any atom is 0.266 e. The van der Waals surface area contributed by atoms with Crippen LogP contribution in [-0.2, 0) is 4.79 Å². The van der Waals surface area contributed by atoms with Crippen molar-refractivity contribution >= 4 is 34.6 Å². The molecule has 0 saturated carbocycles. The first-order valence-electron chi connectivity index (χ1n) is 7.13. The van der Waals surface area contributed by atoms with Crippen LogP contribution in [0.2, 0.25) is 0 Å². The van der Waals surface area contributed by atoms with E-state index in [-0.39, 0.29) is 11.7 Å². The molecule has 0 atom stereocenters. The fourth-order valence-electron chi connectivity index (χ4n) is 2.13. The van der Waals surface area contributed by atoms with E-state index in [9.17, 15) is 9.18 Å². The molecule has 116 valence electrons. The molecule has 0 N–H and O–H groups in total. The Labute approximate surface area is 137 Å². The second-order valence-corrected chi connectivity index (χ2v) is 5.80. The number of hydrogen-bond donors (Lipinski definition) is 0. The van der Waals surface area contributed by atoms with Gasteiger partial charge in [0.15, 0.2) is 5.17 Å². The molecule has 2 aromatic rings. The number of nitrogens with zero attached hydrogens (tertiary/aromatic N) is 3. The fraction of sp³-hybridized carbons (Fsp3) is 0.118. The van der Waals surface area contributed by atoms with E-state index in [0.29, 0.717) is 27.9 Å². The van der Waals surface area contributed by atoms with E-state index in [1.54, 1.807) is 47.6 Å². The van der Waals surface area contributed by atoms with Gasteiger partial charge in [-0.05, 0) is 43.0 Å². The van der Waals surface area contributed by atoms with Crippen molar-refractivity contribution in [2.24, 2.45) is 4.99 Å². The van der Waals surface area contributed by atoms with Gasteiger partial charge in [-0.2, -0.15) is 0 Å². The molecule has 1 aromatic heterocycles. The van der Waals surface area contributed by atoms with Crippen LogP contribution in [0.15, 0.2) is 58.7 Å². The first-order valence-corrected chi connectivity index (χ1v) is 7.95. The number of thioether (sulfide) groups is 1. The van der Waals surface area contributed by atoms with Crippen molar-refractivity contribution in [1.29, 1.82) is 0 Å². The molecule has 23 heavy (non-hydrogen) atoms. The molecular weight excluding hydrogens is 313 g/mol. The van der Waals surface area contributed by atoms with Crippen molar-refractivity contribution in [2.75, 3.05) is 6.54 Å². The summed E-state index contributed by atoms with van der Waals surface area (Å²) in [6.07, 6.45) is 4.86. The predicted octanol–water partition coefficient (Wildman–Crippen LogP) is 3.84. The van der Waals surface area contributed by atoms with E-state index < -0.39 is 0 Å². The van der Waals surface area contributed by atoms with Gasteiger partial charge >= 0.3 is 0 Å². The molecule has 1 aromatic carbocycles. The highest BCUT2D eigenvalue weighted by Crippen LogP contribution is 2.34. The zero-order chi connectivity index (χ0) is 16.2. The third-order valence-electron chi connectivity index (χ3n) is 3.27. The largest absolute Gasteiger partial charge is 0.287 e. The number of aromatic nitrogens is 1. The minimum Gasteiger partial charge on any atom is -0.287 e. The molecule has 1 amide bonds. The minimum atomic E-state index is -0.353. The number of carbonyl (C=O) groups is 1. The molecule has 0 radical (unpaired) electrons. The highest BCUT2D eigenvalue weighted by molar-refractivity contribution is 8.18. The van der Waals surface area contributed by atoms with Crippen LogP contribution < -0.4 is 0 Å². The van der Waals surface area contributed by atoms with E-state index in [0.717, 1.165) is 0 Å². The molecule has 1 saturated heterocycles. The summed E-state index contributed by atoms with van der Waals surface area (Å²) in [5, 5.41) is 0.577. The van der Waals surface area contributed by atoms with Gasteiger partial charge in [-0.15, -0.1) is 0 Å². The summed E-state index contributed by atoms with van der Waals surface area (Å²) < 4.78 is 13.8. The van der Waals surface area contributed by atoms with Gasteiger partial charge in [-0.1, -0.05) is 18.2 Å². The molecule has 1 aliphatic heterocycles. The molecule has 1 aliphatic rings. The van der Waals surface area contributed by atoms with E-state index in [1.165, 1.54) is 17.8 Å². The molecule has 0 bridgehead atoms. The Kier molecular flexibility index (Phi) is 4.52. The lowest BCUT2D eigenvalue weighted by Gasteiger charge is -2.11. The number of halogens is 1. The lowest BCUT2D eigenvalue weighted by atomic mass is 10.2. The van der Waals surface area contributed by atoms with E-state index in [4.69, 9.17) is 0 Å². The Bertz CT molecular complexity index is 789. The fourth-order valence-corrected chi connectivity index (χ4v) is 3.19. The number of aliphatic imine (C=N–C) groups is 1. The van der Waals surface area contributed by atoms with Crippen molar-refractivity contribution in [3.05, 3.63) is 65.1 Å². The van der Waals surface area contributed by atoms with Gasteiger partial charge in [0.2, 0.25) is 0 Å². The van der Waals surface area contributed by atoms with Gasteiger partial charge in [-0.25, -0.2) is 9.38 Å². The van der Waals surface area contributed by atoms with Crippen molar-refractivity contribution < 1.29 is 9.18 Å². The molecule has 2 heterocycles. The van der Waals surface area contributed by atoms with Crippen molar-refractivity contribution in [3.63, 3.8) is 0 Å². The maximum absolute atomic E-state index is 13.8. The maximum atomic E-state index is 13.8. The topological polar surface area (TPSA) is 45.6 Å². The average molecular weight is 327 g/mol. The second kappa shape index (κ2) is 6.75. The summed E-state index contributed by atoms with van der Waals surface area (Å²) in [5.74, 6) is -0.516. The molecule has 0 spiro atoms. The normalized spacial score (nSPS) is 18.2. The van der Waals surface area contributed by atoms with E-state index in [1.807, 2.05) is 13.0 Å². The van der Waals surface area contributed by atoms with Gasteiger partial charge in [0.05, 0.1) is 16.8 Å². The lowest BCUT2D eigenvalue weighted by Crippen LogP contribution is -2.28. The number of rotatable bonds is 3. The third-order valence-corrected chi connectivity index (χ3v) is 4.27. The lowest BCUT2D eigenvalue weighted by molar-refractivity contribution is -0.122. The number of likely N-dealkylation sites (N-methyl/N-ethyl adjacent to an activating group) is 1. The van der Waals surface area contributed by atoms with Crippen LogP contribution in [-0.4, -0.2) is 27.5 Å². The number of amidine groups is 1. The number of pyridine rings is 1. The summed E-state index contributed by atoms with van der Waals surface area (Å²) in [7, 11) is 0. The third kappa shape index (κ3) is 3.32. The minimum absolute atomic E-state index is 0.164. The number of benzene rings is 1. The van der Waals surface area contributed by atoms with Gasteiger partial charge in [0, 0.05) is 18.3 Å². The quantitative estimate of drug-likeness (QED) is 0.805. The molecule has 6 heteroatoms. The summed E-state index contributed by atoms with van der Waals surface area (Å²) in [6, 6.07) is 9.97. The van der Waals surface area contributed by atoms with Gasteiger partial charge in [0.25, 0.3) is 5.91 Å². The Morgan fingerprint density at radius 2 is 2.13 bits per heavy atom. The average Bonchev–Trinajstić information content (AvgIpc) is 2.85. The number of hydrogen-bond acceptors (Lipinski definition) is 4. The second-order valence-electron chi connectivity index (χ2n) is 4.79. The Balaban J connectivity index is 1.95. The highest BCUT2D eigenvalue weighted by atomic mass is 32.2. The van der Waals surface area contributed by atoms with Crippen LogP contribution in [0.3, 0.4) is 0 Å². The Hall–Kier alpha value is -2.47. The van der Waals surface area contributed by atoms with Crippen LogP contribution in [0.25, 0.3) is 6.08 Å². The summed E-state index contributed by atoms with van der Waals surface area (Å²) in [6.45, 7) is 2.38. The number of carbonyl (C=O) groups excluding carboxylic acids is 1. The molecule has 1 fully saturated rings. The summed E-state index contributed by atoms with van der Waals surface area (Å²) in [5.41, 5.74) is 1.07. The monoisotopic (exact) mass is 327 g/mol. The first kappa shape index (κ1) is 15.4. The first-order chi connectivity index (χ1) is 11.2. The van der Waals surface area contributed by atoms with Crippen molar-refractivity contribution in [1.82, 2.24) is 9.88 Å². The van der Waals surface area contributed by atoms with Crippen LogP contribution in [0.4, 0.5) is 10.1 Å². The smallest absolute Gasteiger partial charge is 0.266 e. The molecule has 4 nitrogen and oxygen atoms in total. The van der Waals surface area contributed by atoms with Crippen LogP contribution in [0.5, 0.6) is 0 Å². The molecule has 3 rings (SSSR count). The standard InChI is InChI=1S/C17H14FN3OS/c1-2-21-16(22)15(10-12-6-3-4-8-14(12)18)23-17(21)20-13-7-5-9-19-11-13/h3-11H,2H2,1H3/b15-10-,20-17?. The van der Waals surface area contributed by atoms with Gasteiger partial charge in [-0.3, -0.25) is 14.7 Å². The summed E-state index contributed by atoms with van der Waals surface area (Å²) >= 11 is 1.24. The Morgan fingerprint density at radius 3 is 2.83 bits per heavy atom. The molecule has 0 unspecified atom stereocenters. The van der Waals surface area contributed by atoms with Crippen molar-refractivity contribution in [3.8, 4) is 0 Å². The zero-order valence-corrected chi connectivity index (χ0v) is 13.3. The van der Waals surface area contributed by atoms with Crippen LogP contribution in [0.1, 0.15) is 12.5 Å². The molecular formula is C17H14FN3OS. The molecule has 0 aliphatic carbocycles. The highest BCUT2D eigenvalue weighted by Gasteiger charge is 2.32. The van der Waals surface area contributed by atoms with Crippen LogP contribution >= 0.6 is 11.8 Å². The van der Waals surface area contributed by atoms with E-state index in [2.05, 4.69) is 9.98 Å². The zero-order valence-electron chi connectivity index (χ0n) is 12.4.